The third kappa shape index (κ3) is 2.49. The van der Waals surface area contributed by atoms with E-state index in [9.17, 15) is 14.9 Å². The van der Waals surface area contributed by atoms with Gasteiger partial charge in [0.05, 0.1) is 11.1 Å². The van der Waals surface area contributed by atoms with Crippen molar-refractivity contribution in [1.29, 1.82) is 5.26 Å². The lowest BCUT2D eigenvalue weighted by Gasteiger charge is -2.17. The Hall–Kier alpha value is -3.33. The number of aromatic nitrogens is 2. The van der Waals surface area contributed by atoms with Gasteiger partial charge in [0.15, 0.2) is 0 Å². The lowest BCUT2D eigenvalue weighted by molar-refractivity contribution is 0.728. The second kappa shape index (κ2) is 6.52. The molecule has 3 rings (SSSR count). The lowest BCUT2D eigenvalue weighted by Crippen LogP contribution is -2.30. The van der Waals surface area contributed by atoms with Gasteiger partial charge in [-0.25, -0.2) is 0 Å². The number of nitrogen functional groups attached to an aromatic ring is 1. The minimum absolute atomic E-state index is 0.0511. The van der Waals surface area contributed by atoms with Crippen molar-refractivity contribution >= 4 is 16.6 Å². The predicted molar refractivity (Wildman–Crippen MR) is 103 cm³/mol. The van der Waals surface area contributed by atoms with E-state index in [-0.39, 0.29) is 22.3 Å². The Morgan fingerprint density at radius 2 is 1.65 bits per heavy atom. The summed E-state index contributed by atoms with van der Waals surface area (Å²) >= 11 is 0. The highest BCUT2D eigenvalue weighted by molar-refractivity contribution is 5.96. The Kier molecular flexibility index (Phi) is 4.39. The van der Waals surface area contributed by atoms with Gasteiger partial charge >= 0.3 is 0 Å². The molecule has 0 bridgehead atoms. The smallest absolute Gasteiger partial charge is 0.270 e. The molecular weight excluding hydrogens is 328 g/mol. The lowest BCUT2D eigenvalue weighted by atomic mass is 10.0. The second-order valence-electron chi connectivity index (χ2n) is 6.16. The molecule has 0 fully saturated rings. The zero-order chi connectivity index (χ0) is 19.0. The fourth-order valence-electron chi connectivity index (χ4n) is 3.29. The van der Waals surface area contributed by atoms with Gasteiger partial charge in [0.25, 0.3) is 11.1 Å². The molecule has 2 N–H and O–H groups in total. The Labute approximate surface area is 150 Å². The second-order valence-corrected chi connectivity index (χ2v) is 6.16. The van der Waals surface area contributed by atoms with Crippen LogP contribution in [0.1, 0.15) is 25.0 Å². The van der Waals surface area contributed by atoms with Gasteiger partial charge in [0, 0.05) is 18.5 Å². The molecule has 0 saturated heterocycles. The maximum atomic E-state index is 13.1. The highest BCUT2D eigenvalue weighted by atomic mass is 16.1. The van der Waals surface area contributed by atoms with Crippen molar-refractivity contribution in [2.75, 3.05) is 5.73 Å². The monoisotopic (exact) mass is 348 g/mol. The standard InChI is InChI=1S/C20H20N4O2/c1-4-23-16(13-8-6-12(3)7-9-13)10-14-15(11-21)19(25)24(5-2)18(22)17(14)20(23)26/h6-10H,4-5,22H2,1-3H3. The van der Waals surface area contributed by atoms with Gasteiger partial charge in [-0.05, 0) is 32.4 Å². The summed E-state index contributed by atoms with van der Waals surface area (Å²) in [7, 11) is 0. The molecule has 1 aromatic carbocycles. The van der Waals surface area contributed by atoms with Crippen LogP contribution in [0.5, 0.6) is 0 Å². The van der Waals surface area contributed by atoms with Gasteiger partial charge in [0.1, 0.15) is 17.5 Å². The molecule has 0 saturated carbocycles. The van der Waals surface area contributed by atoms with E-state index in [2.05, 4.69) is 0 Å². The molecule has 2 aromatic heterocycles. The summed E-state index contributed by atoms with van der Waals surface area (Å²) in [6.07, 6.45) is 0. The number of hydrogen-bond donors (Lipinski definition) is 1. The number of hydrogen-bond acceptors (Lipinski definition) is 4. The molecule has 6 nitrogen and oxygen atoms in total. The van der Waals surface area contributed by atoms with E-state index in [1.807, 2.05) is 44.2 Å². The van der Waals surface area contributed by atoms with Crippen LogP contribution in [-0.4, -0.2) is 9.13 Å². The third-order valence-electron chi connectivity index (χ3n) is 4.67. The molecule has 6 heteroatoms. The molecule has 0 aliphatic carbocycles. The van der Waals surface area contributed by atoms with Gasteiger partial charge in [-0.15, -0.1) is 0 Å². The molecule has 2 heterocycles. The number of pyridine rings is 2. The Bertz CT molecular complexity index is 1160. The van der Waals surface area contributed by atoms with E-state index in [0.29, 0.717) is 24.2 Å². The van der Waals surface area contributed by atoms with Crippen molar-refractivity contribution in [1.82, 2.24) is 9.13 Å². The normalized spacial score (nSPS) is 10.8. The molecule has 132 valence electrons. The van der Waals surface area contributed by atoms with Crippen LogP contribution >= 0.6 is 0 Å². The molecule has 0 aliphatic heterocycles. The first-order valence-electron chi connectivity index (χ1n) is 8.51. The van der Waals surface area contributed by atoms with Gasteiger partial charge in [-0.3, -0.25) is 14.2 Å². The summed E-state index contributed by atoms with van der Waals surface area (Å²) in [6.45, 7) is 6.36. The van der Waals surface area contributed by atoms with Crippen LogP contribution in [0.4, 0.5) is 5.82 Å². The number of nitrogens with zero attached hydrogens (tertiary/aromatic N) is 3. The Morgan fingerprint density at radius 3 is 2.19 bits per heavy atom. The topological polar surface area (TPSA) is 93.8 Å². The molecule has 0 atom stereocenters. The minimum atomic E-state index is -0.469. The molecule has 26 heavy (non-hydrogen) atoms. The maximum Gasteiger partial charge on any atom is 0.270 e. The summed E-state index contributed by atoms with van der Waals surface area (Å²) in [5, 5.41) is 10.1. The van der Waals surface area contributed by atoms with Crippen LogP contribution in [0, 0.1) is 18.3 Å². The van der Waals surface area contributed by atoms with E-state index in [1.165, 1.54) is 4.57 Å². The summed E-state index contributed by atoms with van der Waals surface area (Å²) < 4.78 is 2.89. The summed E-state index contributed by atoms with van der Waals surface area (Å²) in [6, 6.07) is 11.4. The van der Waals surface area contributed by atoms with Crippen molar-refractivity contribution in [2.45, 2.75) is 33.9 Å². The first kappa shape index (κ1) is 17.5. The van der Waals surface area contributed by atoms with Crippen LogP contribution < -0.4 is 16.9 Å². The molecule has 0 unspecified atom stereocenters. The zero-order valence-electron chi connectivity index (χ0n) is 15.0. The van der Waals surface area contributed by atoms with E-state index < -0.39 is 5.56 Å². The predicted octanol–water partition coefficient (Wildman–Crippen LogP) is 2.63. The fraction of sp³-hybridized carbons (Fsp3) is 0.250. The largest absolute Gasteiger partial charge is 0.384 e. The molecule has 0 amide bonds. The van der Waals surface area contributed by atoms with Crippen LogP contribution in [0.3, 0.4) is 0 Å². The third-order valence-corrected chi connectivity index (χ3v) is 4.67. The molecule has 0 radical (unpaired) electrons. The molecular formula is C20H20N4O2. The number of rotatable bonds is 3. The van der Waals surface area contributed by atoms with Gasteiger partial charge in [-0.1, -0.05) is 29.8 Å². The van der Waals surface area contributed by atoms with E-state index in [0.717, 1.165) is 11.1 Å². The summed E-state index contributed by atoms with van der Waals surface area (Å²) in [5.41, 5.74) is 7.92. The van der Waals surface area contributed by atoms with Crippen LogP contribution in [0.15, 0.2) is 39.9 Å². The van der Waals surface area contributed by atoms with Crippen molar-refractivity contribution < 1.29 is 0 Å². The minimum Gasteiger partial charge on any atom is -0.384 e. The number of nitrogens with two attached hydrogens (primary N) is 1. The summed E-state index contributed by atoms with van der Waals surface area (Å²) in [4.78, 5) is 25.7. The maximum absolute atomic E-state index is 13.1. The average molecular weight is 348 g/mol. The van der Waals surface area contributed by atoms with Crippen molar-refractivity contribution in [3.05, 3.63) is 62.2 Å². The number of nitriles is 1. The van der Waals surface area contributed by atoms with Crippen molar-refractivity contribution in [3.8, 4) is 17.3 Å². The SMILES string of the molecule is CCn1c(N)c2c(=O)n(CC)c(-c3ccc(C)cc3)cc2c(C#N)c1=O. The van der Waals surface area contributed by atoms with Crippen LogP contribution in [-0.2, 0) is 13.1 Å². The number of benzene rings is 1. The van der Waals surface area contributed by atoms with Gasteiger partial charge < -0.3 is 10.3 Å². The highest BCUT2D eigenvalue weighted by Gasteiger charge is 2.20. The Morgan fingerprint density at radius 1 is 1.04 bits per heavy atom. The van der Waals surface area contributed by atoms with Gasteiger partial charge in [0.2, 0.25) is 0 Å². The van der Waals surface area contributed by atoms with Crippen molar-refractivity contribution in [2.24, 2.45) is 0 Å². The highest BCUT2D eigenvalue weighted by Crippen LogP contribution is 2.26. The zero-order valence-corrected chi connectivity index (χ0v) is 15.0. The van der Waals surface area contributed by atoms with Crippen LogP contribution in [0.2, 0.25) is 0 Å². The molecule has 0 spiro atoms. The Balaban J connectivity index is 2.55. The first-order chi connectivity index (χ1) is 12.4. The van der Waals surface area contributed by atoms with E-state index >= 15 is 0 Å². The molecule has 0 aliphatic rings. The number of anilines is 1. The number of fused-ring (bicyclic) bond motifs is 1. The van der Waals surface area contributed by atoms with Crippen molar-refractivity contribution in [3.63, 3.8) is 0 Å². The first-order valence-corrected chi connectivity index (χ1v) is 8.51. The number of aryl methyl sites for hydroxylation is 1. The van der Waals surface area contributed by atoms with Gasteiger partial charge in [-0.2, -0.15) is 5.26 Å². The van der Waals surface area contributed by atoms with Crippen LogP contribution in [0.25, 0.3) is 22.0 Å². The molecule has 3 aromatic rings. The van der Waals surface area contributed by atoms with E-state index in [1.54, 1.807) is 17.6 Å². The van der Waals surface area contributed by atoms with E-state index in [4.69, 9.17) is 5.73 Å². The average Bonchev–Trinajstić information content (AvgIpc) is 2.62. The quantitative estimate of drug-likeness (QED) is 0.787. The fourth-order valence-corrected chi connectivity index (χ4v) is 3.29. The summed E-state index contributed by atoms with van der Waals surface area (Å²) in [5.74, 6) is 0.106.